The molecule has 3 N–H and O–H groups in total. The second kappa shape index (κ2) is 6.20. The first-order chi connectivity index (χ1) is 8.43. The summed E-state index contributed by atoms with van der Waals surface area (Å²) in [6.07, 6.45) is 1.39. The van der Waals surface area contributed by atoms with Crippen molar-refractivity contribution in [3.63, 3.8) is 0 Å². The molecule has 0 spiro atoms. The average Bonchev–Trinajstić information content (AvgIpc) is 2.31. The number of amides is 1. The average molecular weight is 272 g/mol. The number of nitrogens with zero attached hydrogens (tertiary/aromatic N) is 1. The van der Waals surface area contributed by atoms with E-state index < -0.39 is 11.9 Å². The van der Waals surface area contributed by atoms with Crippen molar-refractivity contribution in [1.82, 2.24) is 10.3 Å². The Morgan fingerprint density at radius 2 is 2.28 bits per heavy atom. The van der Waals surface area contributed by atoms with Gasteiger partial charge in [-0.15, -0.1) is 0 Å². The highest BCUT2D eigenvalue weighted by molar-refractivity contribution is 6.29. The van der Waals surface area contributed by atoms with E-state index in [0.29, 0.717) is 0 Å². The molecule has 1 heterocycles. The quantitative estimate of drug-likeness (QED) is 0.629. The Morgan fingerprint density at radius 1 is 1.61 bits per heavy atom. The first-order valence-corrected chi connectivity index (χ1v) is 5.60. The van der Waals surface area contributed by atoms with Crippen LogP contribution in [0.15, 0.2) is 12.3 Å². The third kappa shape index (κ3) is 3.89. The molecule has 1 atom stereocenters. The molecule has 0 aromatic carbocycles. The highest BCUT2D eigenvalue weighted by atomic mass is 35.5. The van der Waals surface area contributed by atoms with E-state index in [4.69, 9.17) is 17.3 Å². The molecule has 1 amide bonds. The lowest BCUT2D eigenvalue weighted by atomic mass is 10.2. The number of methoxy groups -OCH3 is 1. The highest BCUT2D eigenvalue weighted by Gasteiger charge is 2.16. The number of carbonyl (C=O) groups excluding carboxylic acids is 2. The molecule has 18 heavy (non-hydrogen) atoms. The number of nitrogens with one attached hydrogen (secondary N) is 1. The van der Waals surface area contributed by atoms with Gasteiger partial charge < -0.3 is 15.8 Å². The van der Waals surface area contributed by atoms with Gasteiger partial charge >= 0.3 is 5.97 Å². The third-order valence-corrected chi connectivity index (χ3v) is 2.43. The molecule has 0 saturated heterocycles. The van der Waals surface area contributed by atoms with Crippen molar-refractivity contribution in [2.75, 3.05) is 12.8 Å². The monoisotopic (exact) mass is 271 g/mol. The van der Waals surface area contributed by atoms with Gasteiger partial charge in [0.2, 0.25) is 0 Å². The van der Waals surface area contributed by atoms with Gasteiger partial charge in [0.25, 0.3) is 5.91 Å². The first kappa shape index (κ1) is 14.2. The predicted molar refractivity (Wildman–Crippen MR) is 67.2 cm³/mol. The Hall–Kier alpha value is -1.82. The number of halogens is 1. The minimum atomic E-state index is -0.409. The van der Waals surface area contributed by atoms with Crippen LogP contribution >= 0.6 is 11.6 Å². The number of aromatic nitrogens is 1. The molecule has 0 aliphatic heterocycles. The summed E-state index contributed by atoms with van der Waals surface area (Å²) in [6.45, 7) is 1.69. The summed E-state index contributed by atoms with van der Waals surface area (Å²) in [7, 11) is 1.29. The van der Waals surface area contributed by atoms with Crippen LogP contribution in [0.1, 0.15) is 23.7 Å². The van der Waals surface area contributed by atoms with Crippen molar-refractivity contribution in [3.8, 4) is 0 Å². The van der Waals surface area contributed by atoms with E-state index in [1.165, 1.54) is 19.4 Å². The number of nitrogens with two attached hydrogens (primary N) is 1. The minimum absolute atomic E-state index is 0.0843. The highest BCUT2D eigenvalue weighted by Crippen LogP contribution is 2.15. The summed E-state index contributed by atoms with van der Waals surface area (Å²) in [4.78, 5) is 26.6. The van der Waals surface area contributed by atoms with E-state index in [9.17, 15) is 9.59 Å². The molecule has 0 aliphatic carbocycles. The zero-order chi connectivity index (χ0) is 13.7. The molecule has 1 rings (SSSR count). The zero-order valence-electron chi connectivity index (χ0n) is 10.1. The van der Waals surface area contributed by atoms with Crippen LogP contribution in [0.2, 0.25) is 5.15 Å². The number of hydrogen-bond donors (Lipinski definition) is 2. The van der Waals surface area contributed by atoms with Crippen LogP contribution in [-0.2, 0) is 9.53 Å². The van der Waals surface area contributed by atoms with Gasteiger partial charge in [-0.25, -0.2) is 4.98 Å². The van der Waals surface area contributed by atoms with Crippen LogP contribution in [0.3, 0.4) is 0 Å². The van der Waals surface area contributed by atoms with Crippen LogP contribution in [0.4, 0.5) is 5.69 Å². The van der Waals surface area contributed by atoms with Crippen molar-refractivity contribution >= 4 is 29.2 Å². The maximum absolute atomic E-state index is 11.9. The van der Waals surface area contributed by atoms with Gasteiger partial charge in [-0.1, -0.05) is 11.6 Å². The number of carbonyl (C=O) groups is 2. The molecule has 1 unspecified atom stereocenters. The van der Waals surface area contributed by atoms with Crippen LogP contribution < -0.4 is 11.1 Å². The molecule has 0 radical (unpaired) electrons. The number of pyridine rings is 1. The van der Waals surface area contributed by atoms with E-state index in [0.717, 1.165) is 0 Å². The SMILES string of the molecule is COC(=O)CC(C)NC(=O)c1cc(Cl)ncc1N. The molecule has 1 aromatic rings. The standard InChI is InChI=1S/C11H14ClN3O3/c1-6(3-10(16)18-2)15-11(17)7-4-9(12)14-5-8(7)13/h4-6H,3,13H2,1-2H3,(H,15,17). The van der Waals surface area contributed by atoms with Crippen LogP contribution in [0.25, 0.3) is 0 Å². The molecule has 0 aliphatic rings. The largest absolute Gasteiger partial charge is 0.469 e. The van der Waals surface area contributed by atoms with E-state index in [2.05, 4.69) is 15.0 Å². The van der Waals surface area contributed by atoms with Gasteiger partial charge in [0.05, 0.1) is 31.0 Å². The lowest BCUT2D eigenvalue weighted by molar-refractivity contribution is -0.141. The Labute approximate surface area is 109 Å². The molecule has 0 saturated carbocycles. The molecule has 6 nitrogen and oxygen atoms in total. The summed E-state index contributed by atoms with van der Waals surface area (Å²) in [5.74, 6) is -0.809. The van der Waals surface area contributed by atoms with Crippen molar-refractivity contribution < 1.29 is 14.3 Å². The number of anilines is 1. The fourth-order valence-electron chi connectivity index (χ4n) is 1.32. The van der Waals surface area contributed by atoms with E-state index in [1.54, 1.807) is 6.92 Å². The Bertz CT molecular complexity index is 465. The minimum Gasteiger partial charge on any atom is -0.469 e. The summed E-state index contributed by atoms with van der Waals surface area (Å²) in [5, 5.41) is 2.80. The van der Waals surface area contributed by atoms with Crippen molar-refractivity contribution in [2.45, 2.75) is 19.4 Å². The number of ether oxygens (including phenoxy) is 1. The third-order valence-electron chi connectivity index (χ3n) is 2.22. The van der Waals surface area contributed by atoms with Crippen molar-refractivity contribution in [3.05, 3.63) is 23.0 Å². The molecular weight excluding hydrogens is 258 g/mol. The van der Waals surface area contributed by atoms with Gasteiger partial charge in [0, 0.05) is 6.04 Å². The summed E-state index contributed by atoms with van der Waals surface area (Å²) in [5.41, 5.74) is 6.07. The summed E-state index contributed by atoms with van der Waals surface area (Å²) < 4.78 is 4.50. The van der Waals surface area contributed by atoms with Crippen LogP contribution in [-0.4, -0.2) is 30.0 Å². The maximum Gasteiger partial charge on any atom is 0.307 e. The predicted octanol–water partition coefficient (Wildman–Crippen LogP) is 0.999. The van der Waals surface area contributed by atoms with E-state index in [-0.39, 0.29) is 28.9 Å². The van der Waals surface area contributed by atoms with E-state index in [1.807, 2.05) is 0 Å². The van der Waals surface area contributed by atoms with Crippen LogP contribution in [0, 0.1) is 0 Å². The molecule has 1 aromatic heterocycles. The maximum atomic E-state index is 11.9. The van der Waals surface area contributed by atoms with Gasteiger partial charge in [-0.3, -0.25) is 9.59 Å². The second-order valence-electron chi connectivity index (χ2n) is 3.75. The summed E-state index contributed by atoms with van der Waals surface area (Å²) >= 11 is 5.68. The van der Waals surface area contributed by atoms with Gasteiger partial charge in [-0.2, -0.15) is 0 Å². The topological polar surface area (TPSA) is 94.3 Å². The number of rotatable bonds is 4. The van der Waals surface area contributed by atoms with Gasteiger partial charge in [0.1, 0.15) is 5.15 Å². The Morgan fingerprint density at radius 3 is 2.89 bits per heavy atom. The molecule has 0 fully saturated rings. The first-order valence-electron chi connectivity index (χ1n) is 5.22. The molecule has 0 bridgehead atoms. The fraction of sp³-hybridized carbons (Fsp3) is 0.364. The van der Waals surface area contributed by atoms with Crippen molar-refractivity contribution in [1.29, 1.82) is 0 Å². The summed E-state index contributed by atoms with van der Waals surface area (Å²) in [6, 6.07) is 1.01. The molecular formula is C11H14ClN3O3. The Balaban J connectivity index is 2.70. The number of nitrogen functional groups attached to an aromatic ring is 1. The molecule has 7 heteroatoms. The molecule has 98 valence electrons. The normalized spacial score (nSPS) is 11.7. The van der Waals surface area contributed by atoms with Crippen molar-refractivity contribution in [2.24, 2.45) is 0 Å². The fourth-order valence-corrected chi connectivity index (χ4v) is 1.48. The number of hydrogen-bond acceptors (Lipinski definition) is 5. The van der Waals surface area contributed by atoms with E-state index >= 15 is 0 Å². The second-order valence-corrected chi connectivity index (χ2v) is 4.14. The van der Waals surface area contributed by atoms with Gasteiger partial charge in [-0.05, 0) is 13.0 Å². The zero-order valence-corrected chi connectivity index (χ0v) is 10.8. The van der Waals surface area contributed by atoms with Gasteiger partial charge in [0.15, 0.2) is 0 Å². The smallest absolute Gasteiger partial charge is 0.307 e. The van der Waals surface area contributed by atoms with Crippen LogP contribution in [0.5, 0.6) is 0 Å². The lowest BCUT2D eigenvalue weighted by Gasteiger charge is -2.13. The lowest BCUT2D eigenvalue weighted by Crippen LogP contribution is -2.34. The Kier molecular flexibility index (Phi) is 4.91. The number of esters is 1.